The van der Waals surface area contributed by atoms with Crippen LogP contribution in [0.4, 0.5) is 5.69 Å². The minimum absolute atomic E-state index is 0.0174. The van der Waals surface area contributed by atoms with Crippen molar-refractivity contribution in [3.8, 4) is 0 Å². The summed E-state index contributed by atoms with van der Waals surface area (Å²) in [5.41, 5.74) is 0.825. The van der Waals surface area contributed by atoms with Crippen LogP contribution >= 0.6 is 15.9 Å². The van der Waals surface area contributed by atoms with E-state index in [2.05, 4.69) is 26.6 Å². The predicted octanol–water partition coefficient (Wildman–Crippen LogP) is 2.92. The molecule has 2 rings (SSSR count). The number of hydrogen-bond acceptors (Lipinski definition) is 2. The normalized spacial score (nSPS) is 16.1. The Kier molecular flexibility index (Phi) is 4.57. The molecule has 1 aromatic carbocycles. The van der Waals surface area contributed by atoms with E-state index in [0.29, 0.717) is 12.6 Å². The van der Waals surface area contributed by atoms with Crippen LogP contribution in [0.5, 0.6) is 0 Å². The molecule has 0 bridgehead atoms. The lowest BCUT2D eigenvalue weighted by molar-refractivity contribution is -0.115. The summed E-state index contributed by atoms with van der Waals surface area (Å²) in [7, 11) is 0. The molecule has 1 fully saturated rings. The summed E-state index contributed by atoms with van der Waals surface area (Å²) in [6.07, 6.45) is 4.96. The van der Waals surface area contributed by atoms with E-state index < -0.39 is 0 Å². The van der Waals surface area contributed by atoms with Crippen LogP contribution in [0, 0.1) is 0 Å². The molecular formula is C13H17BrN2O. The molecule has 0 radical (unpaired) electrons. The Balaban J connectivity index is 1.79. The quantitative estimate of drug-likeness (QED) is 0.897. The number of carbonyl (C=O) groups excluding carboxylic acids is 1. The van der Waals surface area contributed by atoms with E-state index in [1.165, 1.54) is 25.7 Å². The zero-order chi connectivity index (χ0) is 12.1. The van der Waals surface area contributed by atoms with Gasteiger partial charge in [0.25, 0.3) is 0 Å². The molecule has 1 aliphatic carbocycles. The molecule has 1 aromatic rings. The van der Waals surface area contributed by atoms with E-state index in [1.54, 1.807) is 0 Å². The van der Waals surface area contributed by atoms with Crippen LogP contribution in [0.2, 0.25) is 0 Å². The van der Waals surface area contributed by atoms with Crippen LogP contribution < -0.4 is 10.6 Å². The average Bonchev–Trinajstić information content (AvgIpc) is 2.82. The Hall–Kier alpha value is -0.870. The molecule has 2 N–H and O–H groups in total. The van der Waals surface area contributed by atoms with Gasteiger partial charge in [0.2, 0.25) is 5.91 Å². The summed E-state index contributed by atoms with van der Waals surface area (Å²) in [6, 6.07) is 8.17. The standard InChI is InChI=1S/C13H17BrN2O/c14-11-7-3-4-8-12(11)16-13(17)9-15-10-5-1-2-6-10/h3-4,7-8,10,15H,1-2,5-6,9H2,(H,16,17). The van der Waals surface area contributed by atoms with E-state index >= 15 is 0 Å². The van der Waals surface area contributed by atoms with Crippen LogP contribution in [0.25, 0.3) is 0 Å². The first-order chi connectivity index (χ1) is 8.25. The fourth-order valence-corrected chi connectivity index (χ4v) is 2.51. The van der Waals surface area contributed by atoms with Crippen LogP contribution in [-0.2, 0) is 4.79 Å². The maximum Gasteiger partial charge on any atom is 0.238 e. The molecule has 0 aliphatic heterocycles. The Labute approximate surface area is 110 Å². The third-order valence-corrected chi connectivity index (χ3v) is 3.75. The molecule has 0 unspecified atom stereocenters. The summed E-state index contributed by atoms with van der Waals surface area (Å²) in [5, 5.41) is 6.18. The zero-order valence-electron chi connectivity index (χ0n) is 9.71. The van der Waals surface area contributed by atoms with Gasteiger partial charge in [-0.25, -0.2) is 0 Å². The van der Waals surface area contributed by atoms with Gasteiger partial charge in [-0.3, -0.25) is 4.79 Å². The maximum atomic E-state index is 11.7. The minimum atomic E-state index is 0.0174. The van der Waals surface area contributed by atoms with Gasteiger partial charge in [0.05, 0.1) is 12.2 Å². The molecular weight excluding hydrogens is 280 g/mol. The van der Waals surface area contributed by atoms with Gasteiger partial charge in [0.1, 0.15) is 0 Å². The molecule has 0 saturated heterocycles. The molecule has 1 aliphatic rings. The van der Waals surface area contributed by atoms with Crippen molar-refractivity contribution < 1.29 is 4.79 Å². The van der Waals surface area contributed by atoms with Gasteiger partial charge in [-0.2, -0.15) is 0 Å². The molecule has 0 spiro atoms. The summed E-state index contributed by atoms with van der Waals surface area (Å²) >= 11 is 3.41. The van der Waals surface area contributed by atoms with Crippen molar-refractivity contribution >= 4 is 27.5 Å². The van der Waals surface area contributed by atoms with Crippen molar-refractivity contribution in [2.24, 2.45) is 0 Å². The van der Waals surface area contributed by atoms with E-state index in [-0.39, 0.29) is 5.91 Å². The Morgan fingerprint density at radius 3 is 2.71 bits per heavy atom. The summed E-state index contributed by atoms with van der Waals surface area (Å²) in [4.78, 5) is 11.7. The number of benzene rings is 1. The zero-order valence-corrected chi connectivity index (χ0v) is 11.3. The van der Waals surface area contributed by atoms with Gasteiger partial charge in [-0.1, -0.05) is 25.0 Å². The van der Waals surface area contributed by atoms with Gasteiger partial charge < -0.3 is 10.6 Å². The van der Waals surface area contributed by atoms with Crippen molar-refractivity contribution in [3.63, 3.8) is 0 Å². The second-order valence-electron chi connectivity index (χ2n) is 4.39. The average molecular weight is 297 g/mol. The maximum absolute atomic E-state index is 11.7. The molecule has 1 saturated carbocycles. The van der Waals surface area contributed by atoms with Gasteiger partial charge in [-0.05, 0) is 40.9 Å². The number of nitrogens with one attached hydrogen (secondary N) is 2. The topological polar surface area (TPSA) is 41.1 Å². The van der Waals surface area contributed by atoms with E-state index in [4.69, 9.17) is 0 Å². The van der Waals surface area contributed by atoms with Crippen molar-refractivity contribution in [1.82, 2.24) is 5.32 Å². The predicted molar refractivity (Wildman–Crippen MR) is 73.0 cm³/mol. The van der Waals surface area contributed by atoms with Gasteiger partial charge in [0, 0.05) is 10.5 Å². The molecule has 4 heteroatoms. The molecule has 92 valence electrons. The Morgan fingerprint density at radius 2 is 2.00 bits per heavy atom. The second-order valence-corrected chi connectivity index (χ2v) is 5.24. The lowest BCUT2D eigenvalue weighted by atomic mass is 10.2. The van der Waals surface area contributed by atoms with Crippen LogP contribution in [0.3, 0.4) is 0 Å². The Bertz CT molecular complexity index is 389. The number of carbonyl (C=O) groups is 1. The number of anilines is 1. The van der Waals surface area contributed by atoms with Crippen molar-refractivity contribution in [2.75, 3.05) is 11.9 Å². The van der Waals surface area contributed by atoms with E-state index in [9.17, 15) is 4.79 Å². The van der Waals surface area contributed by atoms with Crippen molar-refractivity contribution in [1.29, 1.82) is 0 Å². The summed E-state index contributed by atoms with van der Waals surface area (Å²) in [6.45, 7) is 0.395. The molecule has 1 amide bonds. The van der Waals surface area contributed by atoms with E-state index in [1.807, 2.05) is 24.3 Å². The smallest absolute Gasteiger partial charge is 0.238 e. The second kappa shape index (κ2) is 6.17. The summed E-state index contributed by atoms with van der Waals surface area (Å²) in [5.74, 6) is 0.0174. The highest BCUT2D eigenvalue weighted by atomic mass is 79.9. The SMILES string of the molecule is O=C(CNC1CCCC1)Nc1ccccc1Br. The highest BCUT2D eigenvalue weighted by molar-refractivity contribution is 9.10. The first kappa shape index (κ1) is 12.6. The molecule has 3 nitrogen and oxygen atoms in total. The van der Waals surface area contributed by atoms with Crippen molar-refractivity contribution in [3.05, 3.63) is 28.7 Å². The van der Waals surface area contributed by atoms with Crippen LogP contribution in [0.15, 0.2) is 28.7 Å². The minimum Gasteiger partial charge on any atom is -0.324 e. The molecule has 0 heterocycles. The van der Waals surface area contributed by atoms with Gasteiger partial charge >= 0.3 is 0 Å². The number of hydrogen-bond donors (Lipinski definition) is 2. The lowest BCUT2D eigenvalue weighted by Gasteiger charge is -2.12. The highest BCUT2D eigenvalue weighted by Gasteiger charge is 2.15. The third-order valence-electron chi connectivity index (χ3n) is 3.05. The fraction of sp³-hybridized carbons (Fsp3) is 0.462. The monoisotopic (exact) mass is 296 g/mol. The Morgan fingerprint density at radius 1 is 1.29 bits per heavy atom. The largest absolute Gasteiger partial charge is 0.324 e. The third kappa shape index (κ3) is 3.82. The molecule has 0 atom stereocenters. The highest BCUT2D eigenvalue weighted by Crippen LogP contribution is 2.21. The number of amides is 1. The van der Waals surface area contributed by atoms with Gasteiger partial charge in [0.15, 0.2) is 0 Å². The number of para-hydroxylation sites is 1. The lowest BCUT2D eigenvalue weighted by Crippen LogP contribution is -2.34. The number of rotatable bonds is 4. The fourth-order valence-electron chi connectivity index (χ4n) is 2.12. The van der Waals surface area contributed by atoms with Crippen LogP contribution in [-0.4, -0.2) is 18.5 Å². The van der Waals surface area contributed by atoms with Gasteiger partial charge in [-0.15, -0.1) is 0 Å². The molecule has 0 aromatic heterocycles. The first-order valence-corrected chi connectivity index (χ1v) is 6.83. The van der Waals surface area contributed by atoms with Crippen LogP contribution in [0.1, 0.15) is 25.7 Å². The number of halogens is 1. The first-order valence-electron chi connectivity index (χ1n) is 6.03. The summed E-state index contributed by atoms with van der Waals surface area (Å²) < 4.78 is 0.911. The molecule has 17 heavy (non-hydrogen) atoms. The van der Waals surface area contributed by atoms with Crippen molar-refractivity contribution in [2.45, 2.75) is 31.7 Å². The van der Waals surface area contributed by atoms with E-state index in [0.717, 1.165) is 10.2 Å².